The highest BCUT2D eigenvalue weighted by molar-refractivity contribution is 7.13. The first-order valence-electron chi connectivity index (χ1n) is 7.95. The van der Waals surface area contributed by atoms with Gasteiger partial charge in [0.05, 0.1) is 6.20 Å². The van der Waals surface area contributed by atoms with Crippen LogP contribution in [0.1, 0.15) is 22.4 Å². The Hall–Kier alpha value is -2.07. The number of nitrogens with zero attached hydrogens (tertiary/aromatic N) is 6. The van der Waals surface area contributed by atoms with E-state index in [-0.39, 0.29) is 36.8 Å². The van der Waals surface area contributed by atoms with Crippen molar-refractivity contribution in [2.75, 3.05) is 19.6 Å². The summed E-state index contributed by atoms with van der Waals surface area (Å²) in [4.78, 5) is 32.0. The van der Waals surface area contributed by atoms with E-state index < -0.39 is 0 Å². The van der Waals surface area contributed by atoms with Gasteiger partial charge in [0, 0.05) is 56.8 Å². The smallest absolute Gasteiger partial charge is 0.274 e. The monoisotopic (exact) mass is 427 g/mol. The highest BCUT2D eigenvalue weighted by atomic mass is 35.5. The van der Waals surface area contributed by atoms with Crippen molar-refractivity contribution in [3.05, 3.63) is 47.9 Å². The molecule has 1 aliphatic rings. The molecule has 3 aromatic heterocycles. The molecule has 8 nitrogen and oxygen atoms in total. The average Bonchev–Trinajstić information content (AvgIpc) is 3.31. The molecule has 27 heavy (non-hydrogen) atoms. The zero-order valence-corrected chi connectivity index (χ0v) is 16.9. The van der Waals surface area contributed by atoms with E-state index >= 15 is 0 Å². The number of carbonyl (C=O) groups excluding carboxylic acids is 1. The fraction of sp³-hybridized carbons (Fsp3) is 0.312. The molecule has 1 fully saturated rings. The molecule has 1 unspecified atom stereocenters. The molecule has 1 aliphatic heterocycles. The highest BCUT2D eigenvalue weighted by Crippen LogP contribution is 2.26. The zero-order chi connectivity index (χ0) is 17.2. The Morgan fingerprint density at radius 1 is 1.26 bits per heavy atom. The molecule has 1 atom stereocenters. The third kappa shape index (κ3) is 4.27. The molecule has 0 aromatic carbocycles. The van der Waals surface area contributed by atoms with E-state index in [4.69, 9.17) is 0 Å². The lowest BCUT2D eigenvalue weighted by Crippen LogP contribution is -2.49. The van der Waals surface area contributed by atoms with Crippen LogP contribution in [0.2, 0.25) is 0 Å². The van der Waals surface area contributed by atoms with E-state index in [2.05, 4.69) is 25.3 Å². The number of halogens is 2. The van der Waals surface area contributed by atoms with Gasteiger partial charge in [-0.15, -0.1) is 36.2 Å². The van der Waals surface area contributed by atoms with Crippen LogP contribution in [0.5, 0.6) is 0 Å². The standard InChI is InChI=1S/C16H17N7OS.2ClH/c1-22-6-5-20-14(22)13-9-18-4-7-23(13)16(24)12-10-25-15(21-12)11-8-17-2-3-19-11;;/h2-3,5-6,8,10,13,18H,4,7,9H2,1H3;2*1H. The van der Waals surface area contributed by atoms with Crippen molar-refractivity contribution in [1.82, 2.24) is 34.7 Å². The zero-order valence-electron chi connectivity index (χ0n) is 14.5. The van der Waals surface area contributed by atoms with Gasteiger partial charge >= 0.3 is 0 Å². The van der Waals surface area contributed by atoms with Crippen LogP contribution < -0.4 is 5.32 Å². The first-order chi connectivity index (χ1) is 12.2. The molecule has 1 amide bonds. The van der Waals surface area contributed by atoms with Gasteiger partial charge in [-0.25, -0.2) is 9.97 Å². The second-order valence-electron chi connectivity index (χ2n) is 5.74. The number of carbonyl (C=O) groups is 1. The first kappa shape index (κ1) is 21.2. The van der Waals surface area contributed by atoms with Crippen LogP contribution in [-0.4, -0.2) is 54.9 Å². The van der Waals surface area contributed by atoms with Gasteiger partial charge in [0.2, 0.25) is 0 Å². The van der Waals surface area contributed by atoms with Gasteiger partial charge < -0.3 is 14.8 Å². The quantitative estimate of drug-likeness (QED) is 0.686. The van der Waals surface area contributed by atoms with Gasteiger partial charge in [-0.3, -0.25) is 14.8 Å². The molecular formula is C16H19Cl2N7OS. The fourth-order valence-corrected chi connectivity index (χ4v) is 3.68. The van der Waals surface area contributed by atoms with E-state index in [1.54, 1.807) is 30.2 Å². The molecule has 11 heteroatoms. The summed E-state index contributed by atoms with van der Waals surface area (Å²) in [5.41, 5.74) is 1.11. The summed E-state index contributed by atoms with van der Waals surface area (Å²) >= 11 is 1.40. The molecule has 1 N–H and O–H groups in total. The number of hydrogen-bond acceptors (Lipinski definition) is 7. The van der Waals surface area contributed by atoms with Gasteiger partial charge in [0.15, 0.2) is 0 Å². The maximum Gasteiger partial charge on any atom is 0.274 e. The van der Waals surface area contributed by atoms with E-state index in [0.29, 0.717) is 29.5 Å². The molecule has 0 spiro atoms. The molecule has 3 aromatic rings. The summed E-state index contributed by atoms with van der Waals surface area (Å²) < 4.78 is 1.95. The van der Waals surface area contributed by atoms with Crippen LogP contribution in [0.25, 0.3) is 10.7 Å². The molecule has 0 aliphatic carbocycles. The van der Waals surface area contributed by atoms with Gasteiger partial charge in [-0.05, 0) is 0 Å². The molecule has 0 saturated carbocycles. The highest BCUT2D eigenvalue weighted by Gasteiger charge is 2.32. The third-order valence-corrected chi connectivity index (χ3v) is 5.03. The lowest BCUT2D eigenvalue weighted by molar-refractivity contribution is 0.0615. The number of imidazole rings is 1. The second kappa shape index (κ2) is 9.23. The van der Waals surface area contributed by atoms with Crippen LogP contribution in [-0.2, 0) is 7.05 Å². The number of nitrogens with one attached hydrogen (secondary N) is 1. The maximum atomic E-state index is 13.0. The predicted molar refractivity (Wildman–Crippen MR) is 107 cm³/mol. The number of piperazine rings is 1. The van der Waals surface area contributed by atoms with Crippen LogP contribution in [0.4, 0.5) is 0 Å². The number of hydrogen-bond donors (Lipinski definition) is 1. The Morgan fingerprint density at radius 2 is 2.11 bits per heavy atom. The topological polar surface area (TPSA) is 88.8 Å². The van der Waals surface area contributed by atoms with Crippen molar-refractivity contribution >= 4 is 42.1 Å². The Balaban J connectivity index is 0.00000131. The number of aromatic nitrogens is 5. The fourth-order valence-electron chi connectivity index (χ4n) is 2.92. The number of amides is 1. The van der Waals surface area contributed by atoms with Gasteiger partial charge in [-0.1, -0.05) is 0 Å². The minimum Gasteiger partial charge on any atom is -0.336 e. The van der Waals surface area contributed by atoms with Crippen LogP contribution in [0.15, 0.2) is 36.4 Å². The van der Waals surface area contributed by atoms with Crippen LogP contribution in [0, 0.1) is 0 Å². The summed E-state index contributed by atoms with van der Waals surface area (Å²) in [6.07, 6.45) is 8.52. The minimum atomic E-state index is -0.108. The van der Waals surface area contributed by atoms with Gasteiger partial charge in [0.1, 0.15) is 28.3 Å². The van der Waals surface area contributed by atoms with E-state index in [9.17, 15) is 4.79 Å². The number of thiazole rings is 1. The number of rotatable bonds is 3. The Morgan fingerprint density at radius 3 is 2.81 bits per heavy atom. The van der Waals surface area contributed by atoms with E-state index in [1.165, 1.54) is 11.3 Å². The predicted octanol–water partition coefficient (Wildman–Crippen LogP) is 1.96. The van der Waals surface area contributed by atoms with Crippen molar-refractivity contribution < 1.29 is 4.79 Å². The maximum absolute atomic E-state index is 13.0. The number of aryl methyl sites for hydroxylation is 1. The molecule has 0 bridgehead atoms. The molecule has 144 valence electrons. The Labute approximate surface area is 172 Å². The summed E-state index contributed by atoms with van der Waals surface area (Å²) in [5.74, 6) is 0.783. The molecule has 1 saturated heterocycles. The van der Waals surface area contributed by atoms with Crippen molar-refractivity contribution in [3.8, 4) is 10.7 Å². The van der Waals surface area contributed by atoms with Gasteiger partial charge in [0.25, 0.3) is 5.91 Å². The van der Waals surface area contributed by atoms with Crippen molar-refractivity contribution in [2.45, 2.75) is 6.04 Å². The largest absolute Gasteiger partial charge is 0.336 e. The van der Waals surface area contributed by atoms with Crippen molar-refractivity contribution in [3.63, 3.8) is 0 Å². The molecule has 4 heterocycles. The van der Waals surface area contributed by atoms with Crippen molar-refractivity contribution in [1.29, 1.82) is 0 Å². The summed E-state index contributed by atoms with van der Waals surface area (Å²) in [6, 6.07) is -0.108. The van der Waals surface area contributed by atoms with E-state index in [0.717, 1.165) is 12.4 Å². The average molecular weight is 428 g/mol. The van der Waals surface area contributed by atoms with Gasteiger partial charge in [-0.2, -0.15) is 0 Å². The second-order valence-corrected chi connectivity index (χ2v) is 6.60. The Bertz CT molecular complexity index is 886. The first-order valence-corrected chi connectivity index (χ1v) is 8.83. The summed E-state index contributed by atoms with van der Waals surface area (Å²) in [6.45, 7) is 2.06. The third-order valence-electron chi connectivity index (χ3n) is 4.17. The lowest BCUT2D eigenvalue weighted by atomic mass is 10.1. The normalized spacial score (nSPS) is 16.3. The van der Waals surface area contributed by atoms with Crippen molar-refractivity contribution in [2.24, 2.45) is 7.05 Å². The lowest BCUT2D eigenvalue weighted by Gasteiger charge is -2.35. The summed E-state index contributed by atoms with van der Waals surface area (Å²) in [7, 11) is 1.94. The Kier molecular flexibility index (Phi) is 7.25. The minimum absolute atomic E-state index is 0. The molecule has 0 radical (unpaired) electrons. The molecule has 4 rings (SSSR count). The summed E-state index contributed by atoms with van der Waals surface area (Å²) in [5, 5.41) is 5.81. The van der Waals surface area contributed by atoms with Crippen LogP contribution >= 0.6 is 36.2 Å². The SMILES string of the molecule is Cl.Cl.Cn1ccnc1C1CNCCN1C(=O)c1csc(-c2cnccn2)n1. The van der Waals surface area contributed by atoms with E-state index in [1.807, 2.05) is 22.7 Å². The molecular weight excluding hydrogens is 409 g/mol. The van der Waals surface area contributed by atoms with Crippen LogP contribution in [0.3, 0.4) is 0 Å².